The first kappa shape index (κ1) is 33.1. The quantitative estimate of drug-likeness (QED) is 0.168. The van der Waals surface area contributed by atoms with Crippen LogP contribution >= 0.6 is 0 Å². The van der Waals surface area contributed by atoms with Gasteiger partial charge in [-0.1, -0.05) is 164 Å². The Balaban J connectivity index is 1.06. The lowest BCUT2D eigenvalue weighted by molar-refractivity contribution is 0.437. The summed E-state index contributed by atoms with van der Waals surface area (Å²) in [5.41, 5.74) is 15.3. The second-order valence-electron chi connectivity index (χ2n) is 15.9. The first-order valence-electron chi connectivity index (χ1n) is 20.4. The van der Waals surface area contributed by atoms with Gasteiger partial charge in [0.05, 0.1) is 39.0 Å². The maximum Gasteiger partial charge on any atom is 0.132 e. The minimum Gasteiger partial charge on any atom is -0.457 e. The van der Waals surface area contributed by atoms with Gasteiger partial charge in [0.15, 0.2) is 0 Å². The molecule has 13 rings (SSSR count). The summed E-state index contributed by atoms with van der Waals surface area (Å²) in [6.07, 6.45) is 0. The summed E-state index contributed by atoms with van der Waals surface area (Å²) in [5.74, 6) is 1.72. The van der Waals surface area contributed by atoms with Crippen molar-refractivity contribution in [1.29, 1.82) is 0 Å². The Bertz CT molecular complexity index is 3530. The van der Waals surface area contributed by atoms with Crippen LogP contribution in [0.4, 0.5) is 0 Å². The van der Waals surface area contributed by atoms with Crippen LogP contribution in [0.5, 0.6) is 11.5 Å². The van der Waals surface area contributed by atoms with Gasteiger partial charge < -0.3 is 4.74 Å². The fraction of sp³-hybridized carbons (Fsp3) is 0.0179. The normalized spacial score (nSPS) is 13.3. The molecule has 0 N–H and O–H groups in total. The van der Waals surface area contributed by atoms with Gasteiger partial charge in [-0.05, 0) is 64.0 Å². The number of para-hydroxylation sites is 1. The molecule has 0 saturated heterocycles. The molecule has 4 nitrogen and oxygen atoms in total. The van der Waals surface area contributed by atoms with Crippen LogP contribution in [0.3, 0.4) is 0 Å². The van der Waals surface area contributed by atoms with Gasteiger partial charge in [-0.15, -0.1) is 0 Å². The van der Waals surface area contributed by atoms with Gasteiger partial charge in [-0.25, -0.2) is 15.0 Å². The van der Waals surface area contributed by atoms with E-state index in [-0.39, 0.29) is 0 Å². The summed E-state index contributed by atoms with van der Waals surface area (Å²) in [7, 11) is 0. The largest absolute Gasteiger partial charge is 0.457 e. The van der Waals surface area contributed by atoms with Gasteiger partial charge in [0.25, 0.3) is 0 Å². The molecule has 0 unspecified atom stereocenters. The first-order valence-corrected chi connectivity index (χ1v) is 20.4. The fourth-order valence-corrected chi connectivity index (χ4v) is 10.0. The number of pyridine rings is 3. The van der Waals surface area contributed by atoms with E-state index in [0.717, 1.165) is 99.9 Å². The third-order valence-electron chi connectivity index (χ3n) is 12.7. The highest BCUT2D eigenvalue weighted by molar-refractivity contribution is 6.13. The van der Waals surface area contributed by atoms with E-state index in [2.05, 4.69) is 182 Å². The Morgan fingerprint density at radius 3 is 1.60 bits per heavy atom. The minimum absolute atomic E-state index is 0.569. The molecule has 0 bridgehead atoms. The third-order valence-corrected chi connectivity index (χ3v) is 12.7. The van der Waals surface area contributed by atoms with Crippen LogP contribution in [0.25, 0.3) is 88.4 Å². The number of aromatic nitrogens is 3. The number of fused-ring (bicyclic) bond motifs is 15. The molecule has 278 valence electrons. The Morgan fingerprint density at radius 2 is 0.917 bits per heavy atom. The number of nitrogens with zero attached hydrogens (tertiary/aromatic N) is 3. The predicted octanol–water partition coefficient (Wildman–Crippen LogP) is 14.0. The highest BCUT2D eigenvalue weighted by atomic mass is 16.5. The molecule has 1 aliphatic carbocycles. The fourth-order valence-electron chi connectivity index (χ4n) is 10.0. The second-order valence-corrected chi connectivity index (χ2v) is 15.9. The highest BCUT2D eigenvalue weighted by Gasteiger charge is 2.51. The lowest BCUT2D eigenvalue weighted by Crippen LogP contribution is -2.32. The van der Waals surface area contributed by atoms with Gasteiger partial charge in [0.2, 0.25) is 0 Å². The molecular formula is C56H33N3O. The van der Waals surface area contributed by atoms with Crippen molar-refractivity contribution in [2.75, 3.05) is 0 Å². The summed E-state index contributed by atoms with van der Waals surface area (Å²) >= 11 is 0. The molecule has 0 saturated carbocycles. The van der Waals surface area contributed by atoms with Gasteiger partial charge >= 0.3 is 0 Å². The molecule has 0 amide bonds. The van der Waals surface area contributed by atoms with E-state index in [9.17, 15) is 0 Å². The number of hydrogen-bond donors (Lipinski definition) is 0. The van der Waals surface area contributed by atoms with Crippen molar-refractivity contribution in [3.63, 3.8) is 0 Å². The molecule has 3 aromatic heterocycles. The average molecular weight is 764 g/mol. The van der Waals surface area contributed by atoms with Gasteiger partial charge in [-0.2, -0.15) is 0 Å². The topological polar surface area (TPSA) is 47.9 Å². The van der Waals surface area contributed by atoms with E-state index in [1.54, 1.807) is 0 Å². The van der Waals surface area contributed by atoms with E-state index in [0.29, 0.717) is 0 Å². The van der Waals surface area contributed by atoms with E-state index < -0.39 is 5.41 Å². The van der Waals surface area contributed by atoms with Gasteiger partial charge in [0, 0.05) is 49.4 Å². The number of rotatable bonds is 3. The number of hydrogen-bond acceptors (Lipinski definition) is 4. The molecule has 4 heterocycles. The average Bonchev–Trinajstić information content (AvgIpc) is 3.61. The maximum atomic E-state index is 6.94. The second kappa shape index (κ2) is 12.5. The summed E-state index contributed by atoms with van der Waals surface area (Å²) in [4.78, 5) is 16.0. The smallest absolute Gasteiger partial charge is 0.132 e. The molecule has 4 heteroatoms. The van der Waals surface area contributed by atoms with Crippen molar-refractivity contribution in [3.05, 3.63) is 222 Å². The molecule has 2 aliphatic rings. The van der Waals surface area contributed by atoms with E-state index in [1.807, 2.05) is 18.2 Å². The highest BCUT2D eigenvalue weighted by Crippen LogP contribution is 2.62. The molecular weight excluding hydrogens is 731 g/mol. The maximum absolute atomic E-state index is 6.94. The van der Waals surface area contributed by atoms with Crippen molar-refractivity contribution in [1.82, 2.24) is 15.0 Å². The first-order chi connectivity index (χ1) is 29.7. The molecule has 0 atom stereocenters. The Hall–Kier alpha value is -7.95. The molecule has 0 fully saturated rings. The van der Waals surface area contributed by atoms with E-state index in [4.69, 9.17) is 19.7 Å². The zero-order chi connectivity index (χ0) is 39.4. The van der Waals surface area contributed by atoms with Crippen LogP contribution in [0.1, 0.15) is 22.3 Å². The van der Waals surface area contributed by atoms with Crippen LogP contribution in [-0.4, -0.2) is 15.0 Å². The van der Waals surface area contributed by atoms with Crippen LogP contribution in [-0.2, 0) is 5.41 Å². The molecule has 1 aliphatic heterocycles. The van der Waals surface area contributed by atoms with Crippen LogP contribution < -0.4 is 4.74 Å². The van der Waals surface area contributed by atoms with E-state index in [1.165, 1.54) is 22.3 Å². The minimum atomic E-state index is -0.569. The molecule has 0 radical (unpaired) electrons. The molecule has 11 aromatic rings. The van der Waals surface area contributed by atoms with E-state index >= 15 is 0 Å². The molecule has 8 aromatic carbocycles. The summed E-state index contributed by atoms with van der Waals surface area (Å²) in [6.45, 7) is 0. The lowest BCUT2D eigenvalue weighted by atomic mass is 9.65. The van der Waals surface area contributed by atoms with Crippen LogP contribution in [0.2, 0.25) is 0 Å². The number of ether oxygens (including phenoxy) is 1. The number of benzene rings is 8. The van der Waals surface area contributed by atoms with Gasteiger partial charge in [0.1, 0.15) is 11.5 Å². The van der Waals surface area contributed by atoms with Crippen molar-refractivity contribution in [3.8, 4) is 56.4 Å². The Morgan fingerprint density at radius 1 is 0.350 bits per heavy atom. The predicted molar refractivity (Wildman–Crippen MR) is 244 cm³/mol. The van der Waals surface area contributed by atoms with Crippen LogP contribution in [0, 0.1) is 0 Å². The lowest BCUT2D eigenvalue weighted by Gasteiger charge is -2.39. The van der Waals surface area contributed by atoms with Crippen molar-refractivity contribution >= 4 is 43.5 Å². The Labute approximate surface area is 346 Å². The third kappa shape index (κ3) is 4.64. The SMILES string of the molecule is c1ccc(-c2ccc3ccc4ccc(-c5ccc6c(c5)nc(-c5ccccc5)c5cc7c(cc56)C5(c6ccccc6O7)c6ccccc6-c6ccccc65)nc4c3n2)cc1. The summed E-state index contributed by atoms with van der Waals surface area (Å²) in [5, 5.41) is 5.36. The monoisotopic (exact) mass is 763 g/mol. The van der Waals surface area contributed by atoms with Crippen LogP contribution in [0.15, 0.2) is 200 Å². The standard InChI is InChI=1S/C56H33N3O/c1-3-13-34(14-4-1)48-29-26-36-23-24-37-27-30-49(58-55(37)54(36)57-48)38-25-28-41-42-32-47-52(33-43(42)53(59-50(41)31-38)35-15-5-2-6-16-35)60-51-22-12-11-21-46(51)56(47)44-19-9-7-17-39(44)40-18-8-10-20-45(40)56/h1-33H. The Kier molecular flexibility index (Phi) is 6.90. The summed E-state index contributed by atoms with van der Waals surface area (Å²) in [6, 6.07) is 71.1. The zero-order valence-electron chi connectivity index (χ0n) is 32.3. The van der Waals surface area contributed by atoms with Crippen molar-refractivity contribution in [2.24, 2.45) is 0 Å². The summed E-state index contributed by atoms with van der Waals surface area (Å²) < 4.78 is 6.94. The zero-order valence-corrected chi connectivity index (χ0v) is 32.3. The van der Waals surface area contributed by atoms with Gasteiger partial charge in [-0.3, -0.25) is 0 Å². The molecule has 1 spiro atoms. The van der Waals surface area contributed by atoms with Crippen molar-refractivity contribution in [2.45, 2.75) is 5.41 Å². The molecule has 60 heavy (non-hydrogen) atoms. The van der Waals surface area contributed by atoms with Crippen molar-refractivity contribution < 1.29 is 4.74 Å².